The summed E-state index contributed by atoms with van der Waals surface area (Å²) in [7, 11) is 0. The van der Waals surface area contributed by atoms with E-state index in [1.54, 1.807) is 24.7 Å². The van der Waals surface area contributed by atoms with E-state index in [1.807, 2.05) is 9.47 Å². The molecule has 12 nitrogen and oxygen atoms in total. The number of nitrogen functional groups attached to an aromatic ring is 1. The first kappa shape index (κ1) is 25.6. The first-order chi connectivity index (χ1) is 19.9. The first-order valence-corrected chi connectivity index (χ1v) is 13.3. The van der Waals surface area contributed by atoms with Crippen LogP contribution in [0.4, 0.5) is 24.8 Å². The Balaban J connectivity index is 1.02. The third kappa shape index (κ3) is 4.70. The number of hydrogen-bond acceptors (Lipinski definition) is 10. The molecule has 0 aliphatic carbocycles. The number of hydrogen-bond donors (Lipinski definition) is 2. The van der Waals surface area contributed by atoms with E-state index >= 15 is 0 Å². The number of ether oxygens (including phenoxy) is 1. The summed E-state index contributed by atoms with van der Waals surface area (Å²) < 4.78 is 57.4. The maximum Gasteiger partial charge on any atom is 0.225 e. The fourth-order valence-electron chi connectivity index (χ4n) is 5.32. The van der Waals surface area contributed by atoms with Gasteiger partial charge in [0.05, 0.1) is 18.3 Å². The van der Waals surface area contributed by atoms with Gasteiger partial charge in [0, 0.05) is 64.5 Å². The van der Waals surface area contributed by atoms with Crippen molar-refractivity contribution in [1.29, 1.82) is 0 Å². The van der Waals surface area contributed by atoms with Gasteiger partial charge in [-0.1, -0.05) is 0 Å². The number of anilines is 2. The monoisotopic (exact) mass is 568 g/mol. The largest absolute Gasteiger partial charge is 0.483 e. The number of rotatable bonds is 7. The molecular formula is C26H27F3N10O2. The lowest BCUT2D eigenvalue weighted by molar-refractivity contribution is 0.134. The molecule has 0 amide bonds. The molecule has 15 heteroatoms. The minimum absolute atomic E-state index is 0.142. The predicted octanol–water partition coefficient (Wildman–Crippen LogP) is 2.11. The van der Waals surface area contributed by atoms with Crippen molar-refractivity contribution in [2.75, 3.05) is 56.4 Å². The quantitative estimate of drug-likeness (QED) is 0.301. The molecule has 0 spiro atoms. The maximum absolute atomic E-state index is 14.7. The maximum atomic E-state index is 14.7. The molecule has 0 unspecified atom stereocenters. The number of benzene rings is 1. The van der Waals surface area contributed by atoms with Gasteiger partial charge < -0.3 is 29.7 Å². The Kier molecular flexibility index (Phi) is 6.38. The molecule has 0 radical (unpaired) electrons. The highest BCUT2D eigenvalue weighted by Crippen LogP contribution is 2.31. The van der Waals surface area contributed by atoms with Crippen molar-refractivity contribution < 1.29 is 22.3 Å². The second-order valence-electron chi connectivity index (χ2n) is 10.1. The summed E-state index contributed by atoms with van der Waals surface area (Å²) in [6.45, 7) is 4.11. The minimum atomic E-state index is -1.24. The lowest BCUT2D eigenvalue weighted by atomic mass is 10.2. The lowest BCUT2D eigenvalue weighted by Gasteiger charge is -2.36. The van der Waals surface area contributed by atoms with Crippen LogP contribution in [0.5, 0.6) is 5.75 Å². The van der Waals surface area contributed by atoms with Crippen molar-refractivity contribution in [3.8, 4) is 17.3 Å². The average Bonchev–Trinajstić information content (AvgIpc) is 3.77. The number of imidazole rings is 1. The van der Waals surface area contributed by atoms with E-state index in [4.69, 9.17) is 14.9 Å². The molecule has 214 valence electrons. The first-order valence-electron chi connectivity index (χ1n) is 13.3. The van der Waals surface area contributed by atoms with Gasteiger partial charge >= 0.3 is 0 Å². The molecule has 3 N–H and O–H groups in total. The Bertz CT molecular complexity index is 1700. The number of halogens is 3. The smallest absolute Gasteiger partial charge is 0.225 e. The highest BCUT2D eigenvalue weighted by Gasteiger charge is 2.30. The Morgan fingerprint density at radius 1 is 1.05 bits per heavy atom. The van der Waals surface area contributed by atoms with Crippen molar-refractivity contribution in [3.63, 3.8) is 0 Å². The van der Waals surface area contributed by atoms with Gasteiger partial charge in [0.15, 0.2) is 40.3 Å². The van der Waals surface area contributed by atoms with Crippen LogP contribution in [0.25, 0.3) is 28.4 Å². The zero-order valence-electron chi connectivity index (χ0n) is 21.9. The summed E-state index contributed by atoms with van der Waals surface area (Å²) in [6, 6.07) is 5.66. The van der Waals surface area contributed by atoms with Crippen LogP contribution < -0.4 is 20.7 Å². The van der Waals surface area contributed by atoms with Gasteiger partial charge in [-0.3, -0.25) is 4.90 Å². The summed E-state index contributed by atoms with van der Waals surface area (Å²) in [6.07, 6.45) is 1.20. The minimum Gasteiger partial charge on any atom is -0.483 e. The number of nitrogens with two attached hydrogens (primary N) is 1. The number of aromatic nitrogens is 6. The van der Waals surface area contributed by atoms with Gasteiger partial charge in [0.1, 0.15) is 11.9 Å². The lowest BCUT2D eigenvalue weighted by Crippen LogP contribution is -2.47. The molecule has 2 aliphatic rings. The standard InChI is InChI=1S/C26H27F3N10O2/c27-15-10-16(28)20(41-21-13-31-12-17(21)29)11-18(15)37-6-3-36(4-7-37)5-8-38-14-32-22-24(38)34-26(30)39-25(22)33-23(35-39)19-2-1-9-40-19/h1-2,9-11,14,17,21,31H,3-8,12-13H2,(H2,30,34)/t17-,21+/m0/s1. The van der Waals surface area contributed by atoms with Crippen molar-refractivity contribution in [1.82, 2.24) is 39.3 Å². The van der Waals surface area contributed by atoms with Gasteiger partial charge in [-0.25, -0.2) is 23.1 Å². The Morgan fingerprint density at radius 3 is 2.66 bits per heavy atom. The van der Waals surface area contributed by atoms with E-state index in [2.05, 4.69) is 30.3 Å². The van der Waals surface area contributed by atoms with Crippen molar-refractivity contribution in [2.45, 2.75) is 18.8 Å². The SMILES string of the molecule is Nc1nc2c(ncn2CCN2CCN(c3cc(O[C@@H]4CNC[C@@H]4F)c(F)cc3F)CC2)c2nc(-c3ccco3)nn12. The molecule has 4 aromatic heterocycles. The normalized spacial score (nSPS) is 20.0. The van der Waals surface area contributed by atoms with E-state index < -0.39 is 23.9 Å². The van der Waals surface area contributed by atoms with E-state index in [0.717, 1.165) is 6.07 Å². The van der Waals surface area contributed by atoms with Crippen LogP contribution in [0.2, 0.25) is 0 Å². The molecular weight excluding hydrogens is 541 g/mol. The van der Waals surface area contributed by atoms with Crippen molar-refractivity contribution >= 4 is 28.4 Å². The molecule has 41 heavy (non-hydrogen) atoms. The van der Waals surface area contributed by atoms with E-state index in [0.29, 0.717) is 67.7 Å². The van der Waals surface area contributed by atoms with Crippen molar-refractivity contribution in [3.05, 3.63) is 48.5 Å². The van der Waals surface area contributed by atoms with Gasteiger partial charge in [-0.15, -0.1) is 5.10 Å². The number of nitrogens with zero attached hydrogens (tertiary/aromatic N) is 8. The van der Waals surface area contributed by atoms with Crippen LogP contribution in [0, 0.1) is 11.6 Å². The summed E-state index contributed by atoms with van der Waals surface area (Å²) in [5.41, 5.74) is 8.09. The molecule has 2 aliphatic heterocycles. The van der Waals surface area contributed by atoms with Gasteiger partial charge in [0.25, 0.3) is 0 Å². The zero-order chi connectivity index (χ0) is 28.1. The van der Waals surface area contributed by atoms with Crippen LogP contribution in [0.3, 0.4) is 0 Å². The Morgan fingerprint density at radius 2 is 1.90 bits per heavy atom. The van der Waals surface area contributed by atoms with E-state index in [1.165, 1.54) is 10.6 Å². The molecule has 2 atom stereocenters. The molecule has 0 saturated carbocycles. The second-order valence-corrected chi connectivity index (χ2v) is 10.1. The van der Waals surface area contributed by atoms with E-state index in [-0.39, 0.29) is 30.5 Å². The second kappa shape index (κ2) is 10.2. The van der Waals surface area contributed by atoms with Gasteiger partial charge in [-0.2, -0.15) is 9.50 Å². The summed E-state index contributed by atoms with van der Waals surface area (Å²) in [5, 5.41) is 7.26. The molecule has 2 fully saturated rings. The third-order valence-corrected chi connectivity index (χ3v) is 7.55. The summed E-state index contributed by atoms with van der Waals surface area (Å²) >= 11 is 0. The number of nitrogens with one attached hydrogen (secondary N) is 1. The van der Waals surface area contributed by atoms with Gasteiger partial charge in [0.2, 0.25) is 11.8 Å². The van der Waals surface area contributed by atoms with Crippen LogP contribution in [0.1, 0.15) is 0 Å². The molecule has 1 aromatic carbocycles. The fourth-order valence-corrected chi connectivity index (χ4v) is 5.32. The molecule has 0 bridgehead atoms. The van der Waals surface area contributed by atoms with E-state index in [9.17, 15) is 13.2 Å². The highest BCUT2D eigenvalue weighted by atomic mass is 19.1. The molecule has 7 rings (SSSR count). The van der Waals surface area contributed by atoms with Crippen LogP contribution in [-0.2, 0) is 6.54 Å². The van der Waals surface area contributed by atoms with Crippen molar-refractivity contribution in [2.24, 2.45) is 0 Å². The Labute approximate surface area is 231 Å². The number of fused-ring (bicyclic) bond motifs is 3. The molecule has 2 saturated heterocycles. The Hall–Kier alpha value is -4.37. The number of alkyl halides is 1. The highest BCUT2D eigenvalue weighted by molar-refractivity contribution is 5.87. The number of piperazine rings is 1. The third-order valence-electron chi connectivity index (χ3n) is 7.55. The summed E-state index contributed by atoms with van der Waals surface area (Å²) in [4.78, 5) is 17.7. The molecule has 6 heterocycles. The molecule has 5 aromatic rings. The van der Waals surface area contributed by atoms with Crippen LogP contribution in [-0.4, -0.2) is 92.1 Å². The zero-order valence-corrected chi connectivity index (χ0v) is 21.9. The summed E-state index contributed by atoms with van der Waals surface area (Å²) in [5.74, 6) is -0.564. The van der Waals surface area contributed by atoms with Gasteiger partial charge in [-0.05, 0) is 12.1 Å². The average molecular weight is 569 g/mol. The van der Waals surface area contributed by atoms with Crippen LogP contribution >= 0.6 is 0 Å². The van der Waals surface area contributed by atoms with Crippen LogP contribution in [0.15, 0.2) is 41.3 Å². The fraction of sp³-hybridized carbons (Fsp3) is 0.385. The number of furan rings is 1. The predicted molar refractivity (Wildman–Crippen MR) is 143 cm³/mol. The topological polar surface area (TPSA) is 128 Å².